The Balaban J connectivity index is 1.40. The first-order chi connectivity index (χ1) is 15.1. The fraction of sp³-hybridized carbons (Fsp3) is 0.417. The van der Waals surface area contributed by atoms with Crippen molar-refractivity contribution in [1.29, 1.82) is 5.26 Å². The third kappa shape index (κ3) is 4.53. The molecular formula is C24H26N2O5. The van der Waals surface area contributed by atoms with E-state index >= 15 is 0 Å². The number of hydrogen-bond donors (Lipinski definition) is 1. The normalized spacial score (nSPS) is 16.3. The maximum atomic E-state index is 12.5. The van der Waals surface area contributed by atoms with Crippen LogP contribution in [0.2, 0.25) is 0 Å². The summed E-state index contributed by atoms with van der Waals surface area (Å²) in [5.41, 5.74) is 1.53. The van der Waals surface area contributed by atoms with E-state index in [9.17, 15) is 4.79 Å². The fourth-order valence-electron chi connectivity index (χ4n) is 4.31. The molecule has 0 bridgehead atoms. The highest BCUT2D eigenvalue weighted by Crippen LogP contribution is 2.43. The van der Waals surface area contributed by atoms with Gasteiger partial charge in [-0.3, -0.25) is 4.79 Å². The van der Waals surface area contributed by atoms with E-state index in [4.69, 9.17) is 24.2 Å². The van der Waals surface area contributed by atoms with Crippen molar-refractivity contribution >= 4 is 5.91 Å². The number of amides is 1. The van der Waals surface area contributed by atoms with E-state index < -0.39 is 0 Å². The van der Waals surface area contributed by atoms with Crippen LogP contribution in [0.1, 0.15) is 36.8 Å². The maximum Gasteiger partial charge on any atom is 0.257 e. The molecule has 0 spiro atoms. The predicted octanol–water partition coefficient (Wildman–Crippen LogP) is 3.35. The van der Waals surface area contributed by atoms with E-state index in [0.29, 0.717) is 36.8 Å². The molecule has 2 aromatic rings. The first kappa shape index (κ1) is 20.9. The van der Waals surface area contributed by atoms with Gasteiger partial charge in [-0.25, -0.2) is 0 Å². The van der Waals surface area contributed by atoms with Crippen LogP contribution < -0.4 is 24.3 Å². The molecule has 1 aliphatic carbocycles. The molecular weight excluding hydrogens is 396 g/mol. The van der Waals surface area contributed by atoms with Gasteiger partial charge < -0.3 is 24.3 Å². The van der Waals surface area contributed by atoms with Gasteiger partial charge in [0.15, 0.2) is 29.6 Å². The first-order valence-electron chi connectivity index (χ1n) is 10.5. The molecule has 7 heteroatoms. The van der Waals surface area contributed by atoms with Crippen molar-refractivity contribution in [2.24, 2.45) is 0 Å². The highest BCUT2D eigenvalue weighted by atomic mass is 16.6. The van der Waals surface area contributed by atoms with E-state index in [2.05, 4.69) is 23.5 Å². The Morgan fingerprint density at radius 3 is 2.61 bits per heavy atom. The third-order valence-electron chi connectivity index (χ3n) is 5.99. The zero-order chi connectivity index (χ0) is 21.7. The highest BCUT2D eigenvalue weighted by molar-refractivity contribution is 5.77. The van der Waals surface area contributed by atoms with Gasteiger partial charge in [0.2, 0.25) is 0 Å². The lowest BCUT2D eigenvalue weighted by Crippen LogP contribution is -2.41. The molecule has 1 N–H and O–H groups in total. The number of rotatable bonds is 7. The Hall–Kier alpha value is -3.40. The van der Waals surface area contributed by atoms with Crippen molar-refractivity contribution in [3.63, 3.8) is 0 Å². The standard InChI is InChI=1S/C24H26N2O5/c1-28-21-12-17(14-25)4-6-19(21)31-15-23(27)26-16-24(8-2-3-9-24)18-5-7-20-22(13-18)30-11-10-29-20/h4-7,12-13H,2-3,8-11,15-16H2,1H3,(H,26,27). The van der Waals surface area contributed by atoms with Crippen LogP contribution in [0.25, 0.3) is 0 Å². The van der Waals surface area contributed by atoms with Crippen LogP contribution in [0, 0.1) is 11.3 Å². The first-order valence-corrected chi connectivity index (χ1v) is 10.5. The summed E-state index contributed by atoms with van der Waals surface area (Å²) in [6.45, 7) is 1.53. The van der Waals surface area contributed by atoms with Crippen molar-refractivity contribution in [2.75, 3.05) is 33.5 Å². The molecule has 1 saturated carbocycles. The van der Waals surface area contributed by atoms with Gasteiger partial charge in [0.25, 0.3) is 5.91 Å². The van der Waals surface area contributed by atoms with Crippen molar-refractivity contribution in [3.8, 4) is 29.1 Å². The van der Waals surface area contributed by atoms with Crippen LogP contribution in [0.15, 0.2) is 36.4 Å². The monoisotopic (exact) mass is 422 g/mol. The zero-order valence-corrected chi connectivity index (χ0v) is 17.6. The largest absolute Gasteiger partial charge is 0.493 e. The summed E-state index contributed by atoms with van der Waals surface area (Å²) in [6.07, 6.45) is 4.28. The molecule has 4 rings (SSSR count). The molecule has 0 saturated heterocycles. The molecule has 7 nitrogen and oxygen atoms in total. The Labute approximate surface area is 181 Å². The Morgan fingerprint density at radius 1 is 1.10 bits per heavy atom. The van der Waals surface area contributed by atoms with Gasteiger partial charge in [0, 0.05) is 18.0 Å². The molecule has 1 amide bonds. The van der Waals surface area contributed by atoms with Crippen LogP contribution in [-0.4, -0.2) is 39.4 Å². The van der Waals surface area contributed by atoms with Gasteiger partial charge in [0.1, 0.15) is 13.2 Å². The van der Waals surface area contributed by atoms with Crippen LogP contribution in [0.3, 0.4) is 0 Å². The molecule has 0 radical (unpaired) electrons. The van der Waals surface area contributed by atoms with Crippen LogP contribution >= 0.6 is 0 Å². The molecule has 31 heavy (non-hydrogen) atoms. The minimum Gasteiger partial charge on any atom is -0.493 e. The summed E-state index contributed by atoms with van der Waals surface area (Å²) in [5.74, 6) is 2.21. The molecule has 2 aromatic carbocycles. The smallest absolute Gasteiger partial charge is 0.257 e. The van der Waals surface area contributed by atoms with Gasteiger partial charge in [-0.15, -0.1) is 0 Å². The molecule has 0 aromatic heterocycles. The number of methoxy groups -OCH3 is 1. The number of fused-ring (bicyclic) bond motifs is 1. The van der Waals surface area contributed by atoms with Crippen molar-refractivity contribution < 1.29 is 23.7 Å². The quantitative estimate of drug-likeness (QED) is 0.736. The average Bonchev–Trinajstić information content (AvgIpc) is 3.31. The molecule has 1 heterocycles. The average molecular weight is 422 g/mol. The Kier molecular flexibility index (Phi) is 6.17. The summed E-state index contributed by atoms with van der Waals surface area (Å²) in [4.78, 5) is 12.5. The second-order valence-electron chi connectivity index (χ2n) is 7.89. The maximum absolute atomic E-state index is 12.5. The molecule has 0 unspecified atom stereocenters. The van der Waals surface area contributed by atoms with Crippen LogP contribution in [0.5, 0.6) is 23.0 Å². The lowest BCUT2D eigenvalue weighted by atomic mass is 9.78. The molecule has 1 aliphatic heterocycles. The minimum absolute atomic E-state index is 0.113. The van der Waals surface area contributed by atoms with Gasteiger partial charge in [-0.1, -0.05) is 18.9 Å². The SMILES string of the molecule is COc1cc(C#N)ccc1OCC(=O)NCC1(c2ccc3c(c2)OCCO3)CCCC1. The lowest BCUT2D eigenvalue weighted by Gasteiger charge is -2.31. The number of carbonyl (C=O) groups is 1. The van der Waals surface area contributed by atoms with E-state index in [-0.39, 0.29) is 17.9 Å². The second-order valence-corrected chi connectivity index (χ2v) is 7.89. The van der Waals surface area contributed by atoms with Crippen LogP contribution in [-0.2, 0) is 10.2 Å². The fourth-order valence-corrected chi connectivity index (χ4v) is 4.31. The number of nitriles is 1. The minimum atomic E-state index is -0.199. The summed E-state index contributed by atoms with van der Waals surface area (Å²) < 4.78 is 22.3. The van der Waals surface area contributed by atoms with Gasteiger partial charge in [-0.2, -0.15) is 5.26 Å². The third-order valence-corrected chi connectivity index (χ3v) is 5.99. The van der Waals surface area contributed by atoms with E-state index in [1.54, 1.807) is 18.2 Å². The molecule has 0 atom stereocenters. The molecule has 162 valence electrons. The second kappa shape index (κ2) is 9.17. The summed E-state index contributed by atoms with van der Waals surface area (Å²) in [7, 11) is 1.50. The summed E-state index contributed by atoms with van der Waals surface area (Å²) in [6, 6.07) is 13.0. The number of carbonyl (C=O) groups excluding carboxylic acids is 1. The number of hydrogen-bond acceptors (Lipinski definition) is 6. The summed E-state index contributed by atoms with van der Waals surface area (Å²) >= 11 is 0. The number of ether oxygens (including phenoxy) is 4. The zero-order valence-electron chi connectivity index (χ0n) is 17.6. The van der Waals surface area contributed by atoms with E-state index in [1.165, 1.54) is 12.7 Å². The van der Waals surface area contributed by atoms with Gasteiger partial charge in [-0.05, 0) is 42.7 Å². The van der Waals surface area contributed by atoms with Crippen molar-refractivity contribution in [2.45, 2.75) is 31.1 Å². The topological polar surface area (TPSA) is 89.8 Å². The number of nitrogens with one attached hydrogen (secondary N) is 1. The molecule has 1 fully saturated rings. The van der Waals surface area contributed by atoms with E-state index in [0.717, 1.165) is 37.2 Å². The lowest BCUT2D eigenvalue weighted by molar-refractivity contribution is -0.123. The van der Waals surface area contributed by atoms with E-state index in [1.807, 2.05) is 6.07 Å². The van der Waals surface area contributed by atoms with Crippen LogP contribution in [0.4, 0.5) is 0 Å². The number of benzene rings is 2. The summed E-state index contributed by atoms with van der Waals surface area (Å²) in [5, 5.41) is 12.0. The van der Waals surface area contributed by atoms with Gasteiger partial charge in [0.05, 0.1) is 18.7 Å². The van der Waals surface area contributed by atoms with Gasteiger partial charge >= 0.3 is 0 Å². The van der Waals surface area contributed by atoms with Crippen molar-refractivity contribution in [3.05, 3.63) is 47.5 Å². The van der Waals surface area contributed by atoms with Crippen molar-refractivity contribution in [1.82, 2.24) is 5.32 Å². The Morgan fingerprint density at radius 2 is 1.87 bits per heavy atom. The highest BCUT2D eigenvalue weighted by Gasteiger charge is 2.36. The molecule has 2 aliphatic rings. The number of nitrogens with zero attached hydrogens (tertiary/aromatic N) is 1. The Bertz CT molecular complexity index is 992. The predicted molar refractivity (Wildman–Crippen MR) is 114 cm³/mol.